The van der Waals surface area contributed by atoms with Crippen LogP contribution in [-0.4, -0.2) is 16.8 Å². The van der Waals surface area contributed by atoms with Crippen LogP contribution >= 0.6 is 27.7 Å². The summed E-state index contributed by atoms with van der Waals surface area (Å²) in [5, 5.41) is 8.94. The van der Waals surface area contributed by atoms with Crippen LogP contribution in [0.1, 0.15) is 16.8 Å². The number of hydrogen-bond donors (Lipinski definition) is 1. The minimum atomic E-state index is -0.911. The van der Waals surface area contributed by atoms with Crippen molar-refractivity contribution in [3.8, 4) is 12.3 Å². The van der Waals surface area contributed by atoms with Crippen LogP contribution < -0.4 is 0 Å². The maximum atomic E-state index is 10.9. The van der Waals surface area contributed by atoms with Gasteiger partial charge in [-0.15, -0.1) is 24.1 Å². The SMILES string of the molecule is C#CCCSc1cc(Br)ccc1C(=O)O. The van der Waals surface area contributed by atoms with E-state index >= 15 is 0 Å². The molecule has 0 aliphatic rings. The molecule has 0 amide bonds. The fourth-order valence-electron chi connectivity index (χ4n) is 1.01. The van der Waals surface area contributed by atoms with Gasteiger partial charge in [-0.25, -0.2) is 4.79 Å². The van der Waals surface area contributed by atoms with Crippen LogP contribution in [-0.2, 0) is 0 Å². The monoisotopic (exact) mass is 284 g/mol. The van der Waals surface area contributed by atoms with E-state index in [0.29, 0.717) is 12.0 Å². The Hall–Kier alpha value is -0.920. The van der Waals surface area contributed by atoms with Gasteiger partial charge in [-0.1, -0.05) is 15.9 Å². The molecule has 0 fully saturated rings. The van der Waals surface area contributed by atoms with Crippen molar-refractivity contribution in [3.63, 3.8) is 0 Å². The van der Waals surface area contributed by atoms with E-state index in [2.05, 4.69) is 21.9 Å². The molecule has 1 aromatic rings. The Kier molecular flexibility index (Phi) is 4.73. The minimum Gasteiger partial charge on any atom is -0.478 e. The number of carbonyl (C=O) groups is 1. The summed E-state index contributed by atoms with van der Waals surface area (Å²) in [6.45, 7) is 0. The standard InChI is InChI=1S/C11H9BrO2S/c1-2-3-6-15-10-7-8(12)4-5-9(10)11(13)14/h1,4-5,7H,3,6H2,(H,13,14). The van der Waals surface area contributed by atoms with Gasteiger partial charge in [-0.2, -0.15) is 0 Å². The zero-order valence-electron chi connectivity index (χ0n) is 7.87. The second-order valence-electron chi connectivity index (χ2n) is 2.75. The molecule has 0 saturated carbocycles. The van der Waals surface area contributed by atoms with E-state index in [1.54, 1.807) is 18.2 Å². The number of carboxylic acid groups (broad SMARTS) is 1. The molecular weight excluding hydrogens is 276 g/mol. The molecule has 0 aliphatic heterocycles. The zero-order chi connectivity index (χ0) is 11.3. The molecule has 1 N–H and O–H groups in total. The van der Waals surface area contributed by atoms with Crippen molar-refractivity contribution in [1.29, 1.82) is 0 Å². The Balaban J connectivity index is 2.88. The first-order valence-corrected chi connectivity index (χ1v) is 6.02. The third kappa shape index (κ3) is 3.61. The number of thioether (sulfide) groups is 1. The third-order valence-electron chi connectivity index (χ3n) is 1.68. The number of aromatic carboxylic acids is 1. The predicted octanol–water partition coefficient (Wildman–Crippen LogP) is 3.26. The molecule has 0 saturated heterocycles. The molecule has 1 aromatic carbocycles. The average molecular weight is 285 g/mol. The summed E-state index contributed by atoms with van der Waals surface area (Å²) in [6.07, 6.45) is 5.77. The second kappa shape index (κ2) is 5.84. The molecule has 0 aliphatic carbocycles. The van der Waals surface area contributed by atoms with Gasteiger partial charge in [0.1, 0.15) is 0 Å². The lowest BCUT2D eigenvalue weighted by Crippen LogP contribution is -1.98. The molecule has 0 bridgehead atoms. The number of hydrogen-bond acceptors (Lipinski definition) is 2. The quantitative estimate of drug-likeness (QED) is 0.524. The summed E-state index contributed by atoms with van der Waals surface area (Å²) in [5.74, 6) is 2.34. The second-order valence-corrected chi connectivity index (χ2v) is 4.80. The lowest BCUT2D eigenvalue weighted by atomic mass is 10.2. The van der Waals surface area contributed by atoms with Crippen LogP contribution in [0, 0.1) is 12.3 Å². The first-order chi connectivity index (χ1) is 7.15. The van der Waals surface area contributed by atoms with E-state index in [9.17, 15) is 4.79 Å². The van der Waals surface area contributed by atoms with Crippen molar-refractivity contribution in [2.75, 3.05) is 5.75 Å². The highest BCUT2D eigenvalue weighted by Crippen LogP contribution is 2.26. The zero-order valence-corrected chi connectivity index (χ0v) is 10.3. The van der Waals surface area contributed by atoms with Gasteiger partial charge in [0.15, 0.2) is 0 Å². The molecule has 4 heteroatoms. The largest absolute Gasteiger partial charge is 0.478 e. The Morgan fingerprint density at radius 3 is 2.93 bits per heavy atom. The van der Waals surface area contributed by atoms with E-state index in [1.165, 1.54) is 11.8 Å². The molecule has 0 radical (unpaired) electrons. The summed E-state index contributed by atoms with van der Waals surface area (Å²) in [6, 6.07) is 5.10. The van der Waals surface area contributed by atoms with Crippen molar-refractivity contribution in [2.45, 2.75) is 11.3 Å². The van der Waals surface area contributed by atoms with Gasteiger partial charge in [-0.3, -0.25) is 0 Å². The maximum absolute atomic E-state index is 10.9. The van der Waals surface area contributed by atoms with Crippen LogP contribution in [0.5, 0.6) is 0 Å². The van der Waals surface area contributed by atoms with Gasteiger partial charge in [0, 0.05) is 21.5 Å². The highest BCUT2D eigenvalue weighted by molar-refractivity contribution is 9.10. The van der Waals surface area contributed by atoms with E-state index in [0.717, 1.165) is 15.1 Å². The Morgan fingerprint density at radius 2 is 2.33 bits per heavy atom. The number of halogens is 1. The van der Waals surface area contributed by atoms with Crippen LogP contribution in [0.4, 0.5) is 0 Å². The minimum absolute atomic E-state index is 0.320. The fraction of sp³-hybridized carbons (Fsp3) is 0.182. The van der Waals surface area contributed by atoms with E-state index in [1.807, 2.05) is 0 Å². The Morgan fingerprint density at radius 1 is 1.60 bits per heavy atom. The van der Waals surface area contributed by atoms with Crippen LogP contribution in [0.15, 0.2) is 27.6 Å². The summed E-state index contributed by atoms with van der Waals surface area (Å²) in [7, 11) is 0. The average Bonchev–Trinajstić information content (AvgIpc) is 2.18. The molecule has 0 atom stereocenters. The van der Waals surface area contributed by atoms with Crippen molar-refractivity contribution < 1.29 is 9.90 Å². The fourth-order valence-corrected chi connectivity index (χ4v) is 2.49. The van der Waals surface area contributed by atoms with Crippen LogP contribution in [0.25, 0.3) is 0 Å². The molecule has 0 aromatic heterocycles. The smallest absolute Gasteiger partial charge is 0.336 e. The molecule has 0 spiro atoms. The number of carboxylic acids is 1. The molecule has 0 unspecified atom stereocenters. The van der Waals surface area contributed by atoms with E-state index in [-0.39, 0.29) is 0 Å². The summed E-state index contributed by atoms with van der Waals surface area (Å²) in [4.78, 5) is 11.6. The van der Waals surface area contributed by atoms with Crippen LogP contribution in [0.3, 0.4) is 0 Å². The summed E-state index contributed by atoms with van der Waals surface area (Å²) < 4.78 is 0.871. The number of benzene rings is 1. The topological polar surface area (TPSA) is 37.3 Å². The van der Waals surface area contributed by atoms with Crippen molar-refractivity contribution in [2.24, 2.45) is 0 Å². The molecular formula is C11H9BrO2S. The lowest BCUT2D eigenvalue weighted by Gasteiger charge is -2.04. The van der Waals surface area contributed by atoms with Gasteiger partial charge in [0.05, 0.1) is 5.56 Å². The molecule has 2 nitrogen and oxygen atoms in total. The first kappa shape index (κ1) is 12.2. The van der Waals surface area contributed by atoms with Crippen molar-refractivity contribution in [1.82, 2.24) is 0 Å². The van der Waals surface area contributed by atoms with Crippen molar-refractivity contribution >= 4 is 33.7 Å². The van der Waals surface area contributed by atoms with Gasteiger partial charge in [0.2, 0.25) is 0 Å². The number of terminal acetylenes is 1. The van der Waals surface area contributed by atoms with Gasteiger partial charge >= 0.3 is 5.97 Å². The van der Waals surface area contributed by atoms with Gasteiger partial charge in [-0.05, 0) is 18.2 Å². The molecule has 0 heterocycles. The normalized spacial score (nSPS) is 9.60. The molecule has 78 valence electrons. The molecule has 1 rings (SSSR count). The highest BCUT2D eigenvalue weighted by Gasteiger charge is 2.10. The Bertz CT molecular complexity index is 410. The van der Waals surface area contributed by atoms with E-state index in [4.69, 9.17) is 11.5 Å². The molecule has 15 heavy (non-hydrogen) atoms. The van der Waals surface area contributed by atoms with Crippen LogP contribution in [0.2, 0.25) is 0 Å². The van der Waals surface area contributed by atoms with Gasteiger partial charge < -0.3 is 5.11 Å². The predicted molar refractivity (Wildman–Crippen MR) is 65.3 cm³/mol. The Labute approximate surface area is 101 Å². The van der Waals surface area contributed by atoms with E-state index < -0.39 is 5.97 Å². The summed E-state index contributed by atoms with van der Waals surface area (Å²) >= 11 is 4.77. The van der Waals surface area contributed by atoms with Crippen molar-refractivity contribution in [3.05, 3.63) is 28.2 Å². The maximum Gasteiger partial charge on any atom is 0.336 e. The van der Waals surface area contributed by atoms with Gasteiger partial charge in [0.25, 0.3) is 0 Å². The first-order valence-electron chi connectivity index (χ1n) is 4.24. The highest BCUT2D eigenvalue weighted by atomic mass is 79.9. The summed E-state index contributed by atoms with van der Waals surface area (Å²) in [5.41, 5.74) is 0.320. The lowest BCUT2D eigenvalue weighted by molar-refractivity contribution is 0.0693. The third-order valence-corrected chi connectivity index (χ3v) is 3.23. The number of rotatable bonds is 4.